The number of carboxylic acids is 1. The van der Waals surface area contributed by atoms with E-state index in [0.29, 0.717) is 17.1 Å². The number of hydrogen-bond acceptors (Lipinski definition) is 5. The number of aliphatic carboxylic acids is 1. The van der Waals surface area contributed by atoms with Crippen LogP contribution in [0.4, 0.5) is 4.79 Å². The van der Waals surface area contributed by atoms with Crippen molar-refractivity contribution in [3.05, 3.63) is 23.8 Å². The topological polar surface area (TPSA) is 94.1 Å². The Labute approximate surface area is 110 Å². The zero-order valence-electron chi connectivity index (χ0n) is 10.8. The van der Waals surface area contributed by atoms with E-state index in [9.17, 15) is 9.59 Å². The molecule has 0 saturated heterocycles. The fourth-order valence-corrected chi connectivity index (χ4v) is 1.50. The monoisotopic (exact) mass is 269 g/mol. The van der Waals surface area contributed by atoms with Crippen molar-refractivity contribution in [2.24, 2.45) is 0 Å². The number of hydrogen-bond donors (Lipinski definition) is 2. The van der Waals surface area contributed by atoms with Gasteiger partial charge >= 0.3 is 12.1 Å². The van der Waals surface area contributed by atoms with Crippen molar-refractivity contribution in [1.29, 1.82) is 0 Å². The van der Waals surface area contributed by atoms with Gasteiger partial charge in [-0.2, -0.15) is 0 Å². The second kappa shape index (κ2) is 6.48. The van der Waals surface area contributed by atoms with Crippen molar-refractivity contribution >= 4 is 12.1 Å². The maximum Gasteiger partial charge on any atom is 0.407 e. The van der Waals surface area contributed by atoms with Gasteiger partial charge in [0, 0.05) is 0 Å². The molecule has 0 heterocycles. The van der Waals surface area contributed by atoms with Crippen LogP contribution < -0.4 is 14.8 Å². The third kappa shape index (κ3) is 3.51. The Morgan fingerprint density at radius 1 is 1.16 bits per heavy atom. The van der Waals surface area contributed by atoms with Crippen molar-refractivity contribution in [1.82, 2.24) is 5.32 Å². The molecule has 1 atom stereocenters. The molecule has 1 aromatic rings. The third-order valence-corrected chi connectivity index (χ3v) is 2.44. The summed E-state index contributed by atoms with van der Waals surface area (Å²) in [6.07, 6.45) is -0.831. The maximum absolute atomic E-state index is 11.2. The van der Waals surface area contributed by atoms with E-state index in [1.807, 2.05) is 0 Å². The molecule has 7 nitrogen and oxygen atoms in total. The Balaban J connectivity index is 3.09. The normalized spacial score (nSPS) is 11.3. The van der Waals surface area contributed by atoms with E-state index < -0.39 is 18.1 Å². The molecule has 0 bridgehead atoms. The van der Waals surface area contributed by atoms with E-state index in [4.69, 9.17) is 14.6 Å². The van der Waals surface area contributed by atoms with Crippen molar-refractivity contribution in [3.63, 3.8) is 0 Å². The first kappa shape index (κ1) is 14.6. The number of rotatable bonds is 5. The second-order valence-corrected chi connectivity index (χ2v) is 3.52. The van der Waals surface area contributed by atoms with Gasteiger partial charge in [0.25, 0.3) is 0 Å². The summed E-state index contributed by atoms with van der Waals surface area (Å²) >= 11 is 0. The van der Waals surface area contributed by atoms with Gasteiger partial charge in [-0.1, -0.05) is 6.07 Å². The molecule has 1 amide bonds. The van der Waals surface area contributed by atoms with Gasteiger partial charge in [0.2, 0.25) is 0 Å². The van der Waals surface area contributed by atoms with E-state index >= 15 is 0 Å². The Kier molecular flexibility index (Phi) is 4.99. The number of carbonyl (C=O) groups is 2. The number of benzene rings is 1. The molecule has 1 rings (SSSR count). The van der Waals surface area contributed by atoms with Crippen LogP contribution in [-0.2, 0) is 9.53 Å². The SMILES string of the molecule is COC(=O)N[C@@H](C(=O)O)c1ccc(OC)c(OC)c1. The van der Waals surface area contributed by atoms with Crippen LogP contribution >= 0.6 is 0 Å². The third-order valence-electron chi connectivity index (χ3n) is 2.44. The minimum Gasteiger partial charge on any atom is -0.493 e. The lowest BCUT2D eigenvalue weighted by Gasteiger charge is -2.16. The number of ether oxygens (including phenoxy) is 3. The van der Waals surface area contributed by atoms with E-state index in [1.54, 1.807) is 6.07 Å². The van der Waals surface area contributed by atoms with Crippen LogP contribution in [0.5, 0.6) is 11.5 Å². The first-order valence-electron chi connectivity index (χ1n) is 5.32. The van der Waals surface area contributed by atoms with Gasteiger partial charge in [0.15, 0.2) is 17.5 Å². The number of nitrogens with one attached hydrogen (secondary N) is 1. The highest BCUT2D eigenvalue weighted by atomic mass is 16.5. The largest absolute Gasteiger partial charge is 0.493 e. The molecule has 0 fully saturated rings. The van der Waals surface area contributed by atoms with Gasteiger partial charge in [-0.05, 0) is 17.7 Å². The molecule has 104 valence electrons. The van der Waals surface area contributed by atoms with Crippen molar-refractivity contribution in [3.8, 4) is 11.5 Å². The molecule has 0 radical (unpaired) electrons. The Morgan fingerprint density at radius 2 is 1.79 bits per heavy atom. The predicted molar refractivity (Wildman–Crippen MR) is 65.5 cm³/mol. The molecular formula is C12H15NO6. The van der Waals surface area contributed by atoms with Crippen molar-refractivity contribution in [2.75, 3.05) is 21.3 Å². The summed E-state index contributed by atoms with van der Waals surface area (Å²) in [5, 5.41) is 11.3. The first-order chi connectivity index (χ1) is 9.03. The highest BCUT2D eigenvalue weighted by Gasteiger charge is 2.23. The first-order valence-corrected chi connectivity index (χ1v) is 5.32. The molecule has 0 aliphatic carbocycles. The summed E-state index contributed by atoms with van der Waals surface area (Å²) in [7, 11) is 4.06. The molecule has 0 unspecified atom stereocenters. The lowest BCUT2D eigenvalue weighted by Crippen LogP contribution is -2.33. The summed E-state index contributed by atoms with van der Waals surface area (Å²) in [6, 6.07) is 3.33. The van der Waals surface area contributed by atoms with Crippen LogP contribution in [0.1, 0.15) is 11.6 Å². The van der Waals surface area contributed by atoms with Gasteiger partial charge in [0.05, 0.1) is 21.3 Å². The summed E-state index contributed by atoms with van der Waals surface area (Å²) < 4.78 is 14.5. The summed E-state index contributed by atoms with van der Waals surface area (Å²) in [5.74, 6) is -0.371. The van der Waals surface area contributed by atoms with Crippen LogP contribution in [0.15, 0.2) is 18.2 Å². The minimum absolute atomic E-state index is 0.343. The van der Waals surface area contributed by atoms with Crippen LogP contribution in [0, 0.1) is 0 Å². The van der Waals surface area contributed by atoms with Crippen LogP contribution in [0.25, 0.3) is 0 Å². The molecule has 0 aliphatic heterocycles. The summed E-state index contributed by atoms with van der Waals surface area (Å²) in [6.45, 7) is 0. The number of carboxylic acid groups (broad SMARTS) is 1. The Bertz CT molecular complexity index is 473. The maximum atomic E-state index is 11.2. The average Bonchev–Trinajstić information content (AvgIpc) is 2.43. The van der Waals surface area contributed by atoms with Gasteiger partial charge in [-0.25, -0.2) is 9.59 Å². The van der Waals surface area contributed by atoms with Crippen LogP contribution in [0.2, 0.25) is 0 Å². The van der Waals surface area contributed by atoms with E-state index in [1.165, 1.54) is 26.4 Å². The van der Waals surface area contributed by atoms with Crippen molar-refractivity contribution < 1.29 is 28.9 Å². The van der Waals surface area contributed by atoms with E-state index in [2.05, 4.69) is 10.1 Å². The fourth-order valence-electron chi connectivity index (χ4n) is 1.50. The fraction of sp³-hybridized carbons (Fsp3) is 0.333. The standard InChI is InChI=1S/C12H15NO6/c1-17-8-5-4-7(6-9(8)18-2)10(11(14)15)13-12(16)19-3/h4-6,10H,1-3H3,(H,13,16)(H,14,15)/t10-/m1/s1. The van der Waals surface area contributed by atoms with E-state index in [-0.39, 0.29) is 0 Å². The lowest BCUT2D eigenvalue weighted by atomic mass is 10.1. The number of alkyl carbamates (subject to hydrolysis) is 1. The van der Waals surface area contributed by atoms with Crippen LogP contribution in [0.3, 0.4) is 0 Å². The van der Waals surface area contributed by atoms with E-state index in [0.717, 1.165) is 7.11 Å². The number of methoxy groups -OCH3 is 3. The highest BCUT2D eigenvalue weighted by Crippen LogP contribution is 2.30. The molecular weight excluding hydrogens is 254 g/mol. The van der Waals surface area contributed by atoms with Gasteiger partial charge in [-0.3, -0.25) is 0 Å². The van der Waals surface area contributed by atoms with Gasteiger partial charge in [0.1, 0.15) is 0 Å². The molecule has 0 saturated carbocycles. The molecule has 19 heavy (non-hydrogen) atoms. The van der Waals surface area contributed by atoms with Gasteiger partial charge < -0.3 is 24.6 Å². The Morgan fingerprint density at radius 3 is 2.26 bits per heavy atom. The number of carbonyl (C=O) groups excluding carboxylic acids is 1. The second-order valence-electron chi connectivity index (χ2n) is 3.52. The average molecular weight is 269 g/mol. The molecule has 2 N–H and O–H groups in total. The molecule has 1 aromatic carbocycles. The summed E-state index contributed by atoms with van der Waals surface area (Å²) in [4.78, 5) is 22.3. The summed E-state index contributed by atoms with van der Waals surface area (Å²) in [5.41, 5.74) is 0.343. The smallest absolute Gasteiger partial charge is 0.407 e. The quantitative estimate of drug-likeness (QED) is 0.833. The highest BCUT2D eigenvalue weighted by molar-refractivity contribution is 5.81. The van der Waals surface area contributed by atoms with Crippen molar-refractivity contribution in [2.45, 2.75) is 6.04 Å². The Hall–Kier alpha value is -2.44. The minimum atomic E-state index is -1.23. The molecule has 0 aromatic heterocycles. The molecule has 7 heteroatoms. The lowest BCUT2D eigenvalue weighted by molar-refractivity contribution is -0.139. The molecule has 0 spiro atoms. The predicted octanol–water partition coefficient (Wildman–Crippen LogP) is 1.19. The number of amides is 1. The van der Waals surface area contributed by atoms with Crippen LogP contribution in [-0.4, -0.2) is 38.5 Å². The van der Waals surface area contributed by atoms with Gasteiger partial charge in [-0.15, -0.1) is 0 Å². The molecule has 0 aliphatic rings. The zero-order chi connectivity index (χ0) is 14.4. The zero-order valence-corrected chi connectivity index (χ0v) is 10.8.